The zero-order chi connectivity index (χ0) is 15.8. The molecule has 0 aliphatic rings. The average molecular weight is 311 g/mol. The molecule has 0 saturated carbocycles. The molecule has 0 aliphatic heterocycles. The van der Waals surface area contributed by atoms with E-state index in [4.69, 9.17) is 15.7 Å². The van der Waals surface area contributed by atoms with Gasteiger partial charge in [-0.2, -0.15) is 11.8 Å². The van der Waals surface area contributed by atoms with E-state index in [9.17, 15) is 0 Å². The second-order valence-corrected chi connectivity index (χ2v) is 6.05. The van der Waals surface area contributed by atoms with Gasteiger partial charge in [0.2, 0.25) is 0 Å². The Morgan fingerprint density at radius 1 is 1.52 bits per heavy atom. The average Bonchev–Trinajstić information content (AvgIpc) is 2.51. The summed E-state index contributed by atoms with van der Waals surface area (Å²) >= 11 is 1.87. The van der Waals surface area contributed by atoms with Crippen LogP contribution in [0, 0.1) is 0 Å². The molecule has 21 heavy (non-hydrogen) atoms. The molecule has 3 N–H and O–H groups in total. The standard InChI is InChI=1S/C15H25N3O2S/c1-11(7-8-21-4)18(2)10-12-5-6-13(15(16)17-19)14(9-12)20-3/h5-6,9,11,19H,7-8,10H2,1-4H3,(H2,16,17). The van der Waals surface area contributed by atoms with Gasteiger partial charge in [0.25, 0.3) is 0 Å². The van der Waals surface area contributed by atoms with E-state index in [2.05, 4.69) is 30.3 Å². The Balaban J connectivity index is 2.81. The van der Waals surface area contributed by atoms with Crippen molar-refractivity contribution in [1.82, 2.24) is 4.90 Å². The quantitative estimate of drug-likeness (QED) is 0.334. The van der Waals surface area contributed by atoms with Gasteiger partial charge in [-0.25, -0.2) is 0 Å². The molecule has 1 aromatic rings. The number of oxime groups is 1. The molecule has 1 aromatic carbocycles. The zero-order valence-corrected chi connectivity index (χ0v) is 14.0. The summed E-state index contributed by atoms with van der Waals surface area (Å²) in [7, 11) is 3.70. The van der Waals surface area contributed by atoms with E-state index in [1.54, 1.807) is 7.11 Å². The van der Waals surface area contributed by atoms with Crippen molar-refractivity contribution in [1.29, 1.82) is 0 Å². The van der Waals surface area contributed by atoms with Crippen molar-refractivity contribution < 1.29 is 9.94 Å². The lowest BCUT2D eigenvalue weighted by Gasteiger charge is -2.25. The van der Waals surface area contributed by atoms with Crippen LogP contribution in [-0.2, 0) is 6.54 Å². The highest BCUT2D eigenvalue weighted by molar-refractivity contribution is 7.98. The van der Waals surface area contributed by atoms with E-state index in [1.807, 2.05) is 30.0 Å². The molecule has 0 spiro atoms. The van der Waals surface area contributed by atoms with E-state index in [1.165, 1.54) is 0 Å². The second-order valence-electron chi connectivity index (χ2n) is 5.07. The van der Waals surface area contributed by atoms with Crippen LogP contribution in [0.3, 0.4) is 0 Å². The number of amidine groups is 1. The van der Waals surface area contributed by atoms with Gasteiger partial charge < -0.3 is 15.7 Å². The van der Waals surface area contributed by atoms with Gasteiger partial charge in [0.1, 0.15) is 5.75 Å². The number of benzene rings is 1. The topological polar surface area (TPSA) is 71.1 Å². The van der Waals surface area contributed by atoms with Crippen molar-refractivity contribution in [2.24, 2.45) is 10.9 Å². The van der Waals surface area contributed by atoms with Gasteiger partial charge in [-0.1, -0.05) is 11.2 Å². The first kappa shape index (κ1) is 17.7. The normalized spacial score (nSPS) is 13.5. The number of hydrogen-bond acceptors (Lipinski definition) is 5. The first-order valence-electron chi connectivity index (χ1n) is 6.87. The minimum Gasteiger partial charge on any atom is -0.496 e. The summed E-state index contributed by atoms with van der Waals surface area (Å²) in [5.41, 5.74) is 7.37. The van der Waals surface area contributed by atoms with Crippen LogP contribution in [-0.4, -0.2) is 48.2 Å². The van der Waals surface area contributed by atoms with Gasteiger partial charge in [-0.3, -0.25) is 4.90 Å². The summed E-state index contributed by atoms with van der Waals surface area (Å²) in [6.45, 7) is 3.07. The van der Waals surface area contributed by atoms with Crippen molar-refractivity contribution in [3.63, 3.8) is 0 Å². The Hall–Kier alpha value is -1.40. The molecule has 1 unspecified atom stereocenters. The number of ether oxygens (including phenoxy) is 1. The van der Waals surface area contributed by atoms with Crippen LogP contribution in [0.15, 0.2) is 23.4 Å². The maximum atomic E-state index is 8.78. The maximum Gasteiger partial charge on any atom is 0.173 e. The molecule has 5 nitrogen and oxygen atoms in total. The third-order valence-corrected chi connectivity index (χ3v) is 4.22. The van der Waals surface area contributed by atoms with Crippen LogP contribution < -0.4 is 10.5 Å². The lowest BCUT2D eigenvalue weighted by atomic mass is 10.1. The van der Waals surface area contributed by atoms with Crippen LogP contribution in [0.1, 0.15) is 24.5 Å². The minimum absolute atomic E-state index is 0.0556. The predicted molar refractivity (Wildman–Crippen MR) is 89.4 cm³/mol. The Bertz CT molecular complexity index is 480. The van der Waals surface area contributed by atoms with Crippen molar-refractivity contribution in [2.45, 2.75) is 25.9 Å². The van der Waals surface area contributed by atoms with Gasteiger partial charge in [0.05, 0.1) is 12.7 Å². The number of nitrogens with zero attached hydrogens (tertiary/aromatic N) is 2. The Kier molecular flexibility index (Phi) is 7.39. The lowest BCUT2D eigenvalue weighted by Crippen LogP contribution is -2.29. The van der Waals surface area contributed by atoms with E-state index < -0.39 is 0 Å². The highest BCUT2D eigenvalue weighted by atomic mass is 32.2. The molecule has 0 saturated heterocycles. The number of hydrogen-bond donors (Lipinski definition) is 2. The van der Waals surface area contributed by atoms with Gasteiger partial charge in [-0.05, 0) is 50.1 Å². The summed E-state index contributed by atoms with van der Waals surface area (Å²) in [6, 6.07) is 6.26. The van der Waals surface area contributed by atoms with Gasteiger partial charge in [-0.15, -0.1) is 0 Å². The summed E-state index contributed by atoms with van der Waals surface area (Å²) in [5, 5.41) is 11.8. The molecule has 0 heterocycles. The monoisotopic (exact) mass is 311 g/mol. The fourth-order valence-corrected chi connectivity index (χ4v) is 2.63. The van der Waals surface area contributed by atoms with Crippen molar-refractivity contribution in [3.05, 3.63) is 29.3 Å². The molecule has 6 heteroatoms. The molecule has 118 valence electrons. The molecule has 0 radical (unpaired) electrons. The van der Waals surface area contributed by atoms with Crippen molar-refractivity contribution in [2.75, 3.05) is 26.2 Å². The summed E-state index contributed by atoms with van der Waals surface area (Å²) < 4.78 is 5.32. The number of rotatable bonds is 8. The fraction of sp³-hybridized carbons (Fsp3) is 0.533. The van der Waals surface area contributed by atoms with Crippen molar-refractivity contribution >= 4 is 17.6 Å². The van der Waals surface area contributed by atoms with E-state index in [-0.39, 0.29) is 5.84 Å². The largest absolute Gasteiger partial charge is 0.496 e. The summed E-state index contributed by atoms with van der Waals surface area (Å²) in [4.78, 5) is 2.31. The zero-order valence-electron chi connectivity index (χ0n) is 13.2. The molecule has 0 bridgehead atoms. The summed E-state index contributed by atoms with van der Waals surface area (Å²) in [6.07, 6.45) is 3.29. The van der Waals surface area contributed by atoms with Crippen LogP contribution in [0.25, 0.3) is 0 Å². The first-order valence-corrected chi connectivity index (χ1v) is 8.26. The Morgan fingerprint density at radius 3 is 2.81 bits per heavy atom. The molecular formula is C15H25N3O2S. The maximum absolute atomic E-state index is 8.78. The fourth-order valence-electron chi connectivity index (χ4n) is 2.05. The van der Waals surface area contributed by atoms with Crippen LogP contribution >= 0.6 is 11.8 Å². The molecule has 0 fully saturated rings. The Labute approximate surface area is 131 Å². The molecular weight excluding hydrogens is 286 g/mol. The minimum atomic E-state index is 0.0556. The number of thioether (sulfide) groups is 1. The highest BCUT2D eigenvalue weighted by Crippen LogP contribution is 2.21. The molecule has 0 aromatic heterocycles. The third kappa shape index (κ3) is 5.13. The first-order chi connectivity index (χ1) is 10.0. The SMILES string of the molecule is COc1cc(CN(C)C(C)CCSC)ccc1/C(N)=N/O. The van der Waals surface area contributed by atoms with Gasteiger partial charge in [0, 0.05) is 12.6 Å². The predicted octanol–water partition coefficient (Wildman–Crippen LogP) is 2.36. The molecule has 0 amide bonds. The van der Waals surface area contributed by atoms with Gasteiger partial charge in [0.15, 0.2) is 5.84 Å². The van der Waals surface area contributed by atoms with E-state index in [0.29, 0.717) is 17.4 Å². The number of nitrogens with two attached hydrogens (primary N) is 1. The van der Waals surface area contributed by atoms with Gasteiger partial charge >= 0.3 is 0 Å². The summed E-state index contributed by atoms with van der Waals surface area (Å²) in [5.74, 6) is 1.84. The van der Waals surface area contributed by atoms with E-state index in [0.717, 1.165) is 24.3 Å². The lowest BCUT2D eigenvalue weighted by molar-refractivity contribution is 0.244. The molecule has 1 rings (SSSR count). The van der Waals surface area contributed by atoms with Crippen molar-refractivity contribution in [3.8, 4) is 5.75 Å². The molecule has 0 aliphatic carbocycles. The number of methoxy groups -OCH3 is 1. The Morgan fingerprint density at radius 2 is 2.24 bits per heavy atom. The smallest absolute Gasteiger partial charge is 0.173 e. The highest BCUT2D eigenvalue weighted by Gasteiger charge is 2.12. The van der Waals surface area contributed by atoms with Crippen LogP contribution in [0.2, 0.25) is 0 Å². The van der Waals surface area contributed by atoms with Crippen LogP contribution in [0.4, 0.5) is 0 Å². The molecule has 1 atom stereocenters. The van der Waals surface area contributed by atoms with Crippen LogP contribution in [0.5, 0.6) is 5.75 Å². The third-order valence-electron chi connectivity index (χ3n) is 3.57. The van der Waals surface area contributed by atoms with E-state index >= 15 is 0 Å². The second kappa shape index (κ2) is 8.79.